The van der Waals surface area contributed by atoms with Crippen molar-refractivity contribution < 1.29 is 13.9 Å². The smallest absolute Gasteiger partial charge is 0.225 e. The number of unbranched alkanes of at least 4 members (excludes halogenated alkanes) is 2. The van der Waals surface area contributed by atoms with Crippen molar-refractivity contribution in [3.63, 3.8) is 0 Å². The van der Waals surface area contributed by atoms with E-state index in [1.165, 1.54) is 5.56 Å². The average Bonchev–Trinajstić information content (AvgIpc) is 2.94. The lowest BCUT2D eigenvalue weighted by Crippen LogP contribution is -2.23. The summed E-state index contributed by atoms with van der Waals surface area (Å²) in [5.74, 6) is 0.869. The normalized spacial score (nSPS) is 18.7. The van der Waals surface area contributed by atoms with Crippen LogP contribution in [0.15, 0.2) is 16.7 Å². The Balaban J connectivity index is 1.96. The van der Waals surface area contributed by atoms with Gasteiger partial charge in [-0.05, 0) is 37.8 Å². The molecule has 96 valence electrons. The van der Waals surface area contributed by atoms with Gasteiger partial charge in [0.2, 0.25) is 5.79 Å². The Morgan fingerprint density at radius 1 is 1.24 bits per heavy atom. The first-order chi connectivity index (χ1) is 8.26. The number of hydrogen-bond acceptors (Lipinski definition) is 3. The van der Waals surface area contributed by atoms with Gasteiger partial charge in [0.25, 0.3) is 0 Å². The molecular formula is C13H19ClO3. The molecule has 1 aliphatic rings. The zero-order valence-electron chi connectivity index (χ0n) is 10.2. The van der Waals surface area contributed by atoms with Crippen LogP contribution in [0.3, 0.4) is 0 Å². The molecule has 17 heavy (non-hydrogen) atoms. The van der Waals surface area contributed by atoms with Crippen molar-refractivity contribution >= 4 is 11.6 Å². The van der Waals surface area contributed by atoms with Crippen LogP contribution in [-0.4, -0.2) is 19.1 Å². The third-order valence-electron chi connectivity index (χ3n) is 3.08. The fraction of sp³-hybridized carbons (Fsp3) is 0.692. The highest BCUT2D eigenvalue weighted by Gasteiger charge is 2.37. The third kappa shape index (κ3) is 3.03. The first-order valence-corrected chi connectivity index (χ1v) is 6.70. The van der Waals surface area contributed by atoms with E-state index < -0.39 is 5.79 Å². The van der Waals surface area contributed by atoms with Crippen LogP contribution >= 0.6 is 11.6 Å². The Bertz CT molecular complexity index is 342. The summed E-state index contributed by atoms with van der Waals surface area (Å²) in [6.45, 7) is 3.17. The van der Waals surface area contributed by atoms with Crippen LogP contribution in [0.2, 0.25) is 0 Å². The summed E-state index contributed by atoms with van der Waals surface area (Å²) in [7, 11) is 0. The monoisotopic (exact) mass is 258 g/mol. The lowest BCUT2D eigenvalue weighted by Gasteiger charge is -2.21. The quantitative estimate of drug-likeness (QED) is 0.579. The van der Waals surface area contributed by atoms with E-state index >= 15 is 0 Å². The van der Waals surface area contributed by atoms with Gasteiger partial charge in [0.1, 0.15) is 0 Å². The lowest BCUT2D eigenvalue weighted by atomic mass is 10.0. The van der Waals surface area contributed by atoms with Gasteiger partial charge in [0.05, 0.1) is 19.5 Å². The molecule has 1 fully saturated rings. The van der Waals surface area contributed by atoms with E-state index in [-0.39, 0.29) is 0 Å². The van der Waals surface area contributed by atoms with E-state index in [0.717, 1.165) is 37.3 Å². The topological polar surface area (TPSA) is 31.6 Å². The number of alkyl halides is 1. The van der Waals surface area contributed by atoms with E-state index in [2.05, 4.69) is 0 Å². The maximum absolute atomic E-state index is 5.66. The number of ether oxygens (including phenoxy) is 2. The molecule has 0 spiro atoms. The summed E-state index contributed by atoms with van der Waals surface area (Å²) < 4.78 is 16.8. The minimum Gasteiger partial charge on any atom is -0.463 e. The zero-order valence-corrected chi connectivity index (χ0v) is 11.0. The van der Waals surface area contributed by atoms with E-state index in [9.17, 15) is 0 Å². The number of hydrogen-bond donors (Lipinski definition) is 0. The maximum Gasteiger partial charge on any atom is 0.225 e. The van der Waals surface area contributed by atoms with Gasteiger partial charge < -0.3 is 13.9 Å². The molecule has 0 bridgehead atoms. The van der Waals surface area contributed by atoms with Gasteiger partial charge in [-0.1, -0.05) is 6.42 Å². The van der Waals surface area contributed by atoms with Crippen LogP contribution in [0, 0.1) is 0 Å². The predicted octanol–water partition coefficient (Wildman–Crippen LogP) is 3.45. The maximum atomic E-state index is 5.66. The van der Waals surface area contributed by atoms with E-state index in [4.69, 9.17) is 25.5 Å². The van der Waals surface area contributed by atoms with E-state index in [0.29, 0.717) is 13.2 Å². The molecule has 2 heterocycles. The Labute approximate surface area is 107 Å². The van der Waals surface area contributed by atoms with Gasteiger partial charge in [-0.15, -0.1) is 11.6 Å². The molecule has 0 unspecified atom stereocenters. The summed E-state index contributed by atoms with van der Waals surface area (Å²) in [5, 5.41) is 0. The van der Waals surface area contributed by atoms with Crippen LogP contribution in [0.5, 0.6) is 0 Å². The number of aryl methyl sites for hydroxylation is 1. The summed E-state index contributed by atoms with van der Waals surface area (Å²) in [5.41, 5.74) is 1.18. The van der Waals surface area contributed by atoms with Gasteiger partial charge in [0.15, 0.2) is 5.76 Å². The highest BCUT2D eigenvalue weighted by molar-refractivity contribution is 6.17. The number of rotatable bonds is 6. The fourth-order valence-electron chi connectivity index (χ4n) is 2.16. The molecular weight excluding hydrogens is 240 g/mol. The van der Waals surface area contributed by atoms with E-state index in [1.54, 1.807) is 6.26 Å². The molecule has 0 aliphatic carbocycles. The van der Waals surface area contributed by atoms with Crippen LogP contribution < -0.4 is 0 Å². The molecule has 3 nitrogen and oxygen atoms in total. The van der Waals surface area contributed by atoms with Gasteiger partial charge >= 0.3 is 0 Å². The Kier molecular flexibility index (Phi) is 4.48. The van der Waals surface area contributed by atoms with Crippen molar-refractivity contribution in [1.82, 2.24) is 0 Å². The van der Waals surface area contributed by atoms with Gasteiger partial charge in [-0.25, -0.2) is 0 Å². The first kappa shape index (κ1) is 12.9. The molecule has 0 amide bonds. The molecule has 1 aromatic rings. The third-order valence-corrected chi connectivity index (χ3v) is 3.34. The summed E-state index contributed by atoms with van der Waals surface area (Å²) >= 11 is 5.66. The molecule has 0 aromatic carbocycles. The van der Waals surface area contributed by atoms with Crippen molar-refractivity contribution in [3.05, 3.63) is 23.7 Å². The molecule has 0 atom stereocenters. The van der Waals surface area contributed by atoms with Gasteiger partial charge in [0, 0.05) is 5.88 Å². The standard InChI is InChI=1S/C13H19ClO3/c1-13(16-9-10-17-13)12-11(6-8-15-12)5-3-2-4-7-14/h6,8H,2-5,7,9-10H2,1H3. The largest absolute Gasteiger partial charge is 0.463 e. The minimum atomic E-state index is -0.689. The van der Waals surface area contributed by atoms with E-state index in [1.807, 2.05) is 13.0 Å². The average molecular weight is 259 g/mol. The Morgan fingerprint density at radius 3 is 2.71 bits per heavy atom. The van der Waals surface area contributed by atoms with Gasteiger partial charge in [-0.3, -0.25) is 0 Å². The van der Waals surface area contributed by atoms with Crippen molar-refractivity contribution in [3.8, 4) is 0 Å². The van der Waals surface area contributed by atoms with Gasteiger partial charge in [-0.2, -0.15) is 0 Å². The molecule has 2 rings (SSSR count). The Morgan fingerprint density at radius 2 is 2.00 bits per heavy atom. The lowest BCUT2D eigenvalue weighted by molar-refractivity contribution is -0.163. The highest BCUT2D eigenvalue weighted by atomic mass is 35.5. The molecule has 1 saturated heterocycles. The Hall–Kier alpha value is -0.510. The summed E-state index contributed by atoms with van der Waals surface area (Å²) in [6, 6.07) is 2.01. The fourth-order valence-corrected chi connectivity index (χ4v) is 2.35. The van der Waals surface area contributed by atoms with Crippen LogP contribution in [-0.2, 0) is 21.7 Å². The highest BCUT2D eigenvalue weighted by Crippen LogP contribution is 2.34. The van der Waals surface area contributed by atoms with Crippen LogP contribution in [0.4, 0.5) is 0 Å². The zero-order chi connectivity index (χ0) is 12.1. The number of halogens is 1. The molecule has 1 aliphatic heterocycles. The minimum absolute atomic E-state index is 0.628. The predicted molar refractivity (Wildman–Crippen MR) is 66.2 cm³/mol. The van der Waals surface area contributed by atoms with Crippen LogP contribution in [0.25, 0.3) is 0 Å². The summed E-state index contributed by atoms with van der Waals surface area (Å²) in [4.78, 5) is 0. The molecule has 0 N–H and O–H groups in total. The second-order valence-electron chi connectivity index (χ2n) is 4.42. The number of furan rings is 1. The second kappa shape index (κ2) is 5.89. The molecule has 0 radical (unpaired) electrons. The van der Waals surface area contributed by atoms with Crippen molar-refractivity contribution in [2.45, 2.75) is 38.4 Å². The van der Waals surface area contributed by atoms with Crippen molar-refractivity contribution in [2.75, 3.05) is 19.1 Å². The van der Waals surface area contributed by atoms with Crippen molar-refractivity contribution in [2.24, 2.45) is 0 Å². The summed E-state index contributed by atoms with van der Waals surface area (Å²) in [6.07, 6.45) is 6.04. The van der Waals surface area contributed by atoms with Crippen molar-refractivity contribution in [1.29, 1.82) is 0 Å². The molecule has 1 aromatic heterocycles. The second-order valence-corrected chi connectivity index (χ2v) is 4.80. The molecule has 0 saturated carbocycles. The SMILES string of the molecule is CC1(c2occc2CCCCCCl)OCCO1. The van der Waals surface area contributed by atoms with Crippen LogP contribution in [0.1, 0.15) is 37.5 Å². The first-order valence-electron chi connectivity index (χ1n) is 6.17. The molecule has 4 heteroatoms.